The van der Waals surface area contributed by atoms with Crippen LogP contribution in [-0.2, 0) is 25.6 Å². The molecule has 4 amide bonds. The number of benzene rings is 2. The third-order valence-electron chi connectivity index (χ3n) is 7.55. The Bertz CT molecular complexity index is 1330. The molecule has 2 aromatic rings. The molecule has 37 heavy (non-hydrogen) atoms. The number of amides is 4. The second kappa shape index (κ2) is 9.38. The van der Waals surface area contributed by atoms with Crippen LogP contribution in [-0.4, -0.2) is 78.7 Å². The Labute approximate surface area is 222 Å². The molecule has 0 bridgehead atoms. The summed E-state index contributed by atoms with van der Waals surface area (Å²) in [6.07, 6.45) is 0.360. The molecule has 2 heterocycles. The molecule has 15 heteroatoms. The van der Waals surface area contributed by atoms with Crippen molar-refractivity contribution in [3.05, 3.63) is 63.7 Å². The maximum absolute atomic E-state index is 15.2. The zero-order valence-corrected chi connectivity index (χ0v) is 22.0. The van der Waals surface area contributed by atoms with Gasteiger partial charge in [0.15, 0.2) is 0 Å². The summed E-state index contributed by atoms with van der Waals surface area (Å²) in [5.41, 5.74) is 1.79. The summed E-state index contributed by atoms with van der Waals surface area (Å²) in [4.78, 5) is 52.9. The van der Waals surface area contributed by atoms with E-state index in [1.807, 2.05) is 0 Å². The van der Waals surface area contributed by atoms with E-state index in [1.165, 1.54) is 25.0 Å². The minimum atomic E-state index is -3.78. The molecule has 1 fully saturated rings. The molecule has 0 aromatic heterocycles. The van der Waals surface area contributed by atoms with Gasteiger partial charge in [0.2, 0.25) is 19.8 Å². The monoisotopic (exact) mass is 521 g/mol. The lowest BCUT2D eigenvalue weighted by molar-refractivity contribution is -0.155. The van der Waals surface area contributed by atoms with Gasteiger partial charge in [-0.05, 0) is 35.0 Å². The van der Waals surface area contributed by atoms with Crippen LogP contribution in [0.15, 0.2) is 36.4 Å². The first-order valence-electron chi connectivity index (χ1n) is 11.9. The fourth-order valence-electron chi connectivity index (χ4n) is 5.04. The van der Waals surface area contributed by atoms with Gasteiger partial charge in [0.1, 0.15) is 37.4 Å². The van der Waals surface area contributed by atoms with Crippen molar-refractivity contribution in [2.45, 2.75) is 36.1 Å². The van der Waals surface area contributed by atoms with Gasteiger partial charge in [-0.25, -0.2) is 0 Å². The molecule has 2 unspecified atom stereocenters. The van der Waals surface area contributed by atoms with Crippen LogP contribution in [0.5, 0.6) is 0 Å². The number of rotatable bonds is 5. The predicted molar refractivity (Wildman–Crippen MR) is 148 cm³/mol. The summed E-state index contributed by atoms with van der Waals surface area (Å²) < 4.78 is 30.3. The van der Waals surface area contributed by atoms with Gasteiger partial charge in [-0.3, -0.25) is 24.5 Å². The lowest BCUT2D eigenvalue weighted by Gasteiger charge is -2.40. The van der Waals surface area contributed by atoms with Crippen LogP contribution in [0.1, 0.15) is 45.8 Å². The van der Waals surface area contributed by atoms with E-state index in [-0.39, 0.29) is 29.7 Å². The number of carbonyl (C=O) groups is 4. The number of halogens is 3. The molecule has 2 aliphatic heterocycles. The Hall–Kier alpha value is -3.01. The normalized spacial score (nSPS) is 20.0. The second-order valence-electron chi connectivity index (χ2n) is 10.1. The highest BCUT2D eigenvalue weighted by atomic mass is 35.5. The van der Waals surface area contributed by atoms with Crippen molar-refractivity contribution < 1.29 is 28.0 Å². The second-order valence-corrected chi connectivity index (χ2v) is 10.6. The molecule has 0 spiro atoms. The Morgan fingerprint density at radius 3 is 2.32 bits per heavy atom. The number of nitrogens with one attached hydrogen (secondary N) is 1. The van der Waals surface area contributed by atoms with E-state index >= 15 is 8.78 Å². The van der Waals surface area contributed by atoms with E-state index in [1.54, 1.807) is 43.5 Å². The van der Waals surface area contributed by atoms with E-state index in [2.05, 4.69) is 5.32 Å². The van der Waals surface area contributed by atoms with Crippen LogP contribution in [0, 0.1) is 0 Å². The number of hydrogen-bond acceptors (Lipinski definition) is 4. The maximum atomic E-state index is 15.2. The predicted octanol–water partition coefficient (Wildman–Crippen LogP) is -2.96. The SMILES string of the molecule is Bc1cc(C(B)(B)N(B)C(=O)C(F)(F)c2ccc(Cl)cc2)cc2c1C(=O)N(C1CCC(=O)NC1=O)C2B. The molecule has 4 rings (SSSR count). The van der Waals surface area contributed by atoms with Crippen LogP contribution in [0.4, 0.5) is 8.78 Å². The van der Waals surface area contributed by atoms with Crippen molar-refractivity contribution >= 4 is 80.1 Å². The van der Waals surface area contributed by atoms with Gasteiger partial charge < -0.3 is 9.71 Å². The van der Waals surface area contributed by atoms with Gasteiger partial charge in [0.05, 0.1) is 0 Å². The van der Waals surface area contributed by atoms with Crippen molar-refractivity contribution in [1.82, 2.24) is 15.0 Å². The standard InChI is InChI=1S/C22H23B5ClF2N3O4/c23-13-8-10(22(25,26)33(27)20(37)21(29,30)9-1-3-11(28)4-2-9)7-12-16(13)19(36)32(17(12)24)14-5-6-15(34)31-18(14)35/h1-4,7-8,14,17H,5-6,23-27H2,(H,31,34,35). The van der Waals surface area contributed by atoms with E-state index in [9.17, 15) is 19.2 Å². The number of piperidine rings is 1. The summed E-state index contributed by atoms with van der Waals surface area (Å²) in [6, 6.07) is 7.52. The van der Waals surface area contributed by atoms with Crippen LogP contribution < -0.4 is 10.8 Å². The molecular weight excluding hydrogens is 498 g/mol. The Morgan fingerprint density at radius 2 is 1.73 bits per heavy atom. The summed E-state index contributed by atoms with van der Waals surface area (Å²) in [7, 11) is 8.15. The fourth-order valence-corrected chi connectivity index (χ4v) is 5.17. The van der Waals surface area contributed by atoms with E-state index in [0.717, 1.165) is 16.9 Å². The van der Waals surface area contributed by atoms with Crippen molar-refractivity contribution in [2.75, 3.05) is 0 Å². The largest absolute Gasteiger partial charge is 0.393 e. The van der Waals surface area contributed by atoms with Gasteiger partial charge in [-0.1, -0.05) is 41.3 Å². The molecule has 1 saturated heterocycles. The molecule has 2 aliphatic rings. The average molecular weight is 521 g/mol. The number of fused-ring (bicyclic) bond motifs is 1. The van der Waals surface area contributed by atoms with Crippen LogP contribution in [0.3, 0.4) is 0 Å². The highest BCUT2D eigenvalue weighted by molar-refractivity contribution is 6.44. The van der Waals surface area contributed by atoms with Crippen LogP contribution in [0.25, 0.3) is 0 Å². The quantitative estimate of drug-likeness (QED) is 0.337. The molecule has 0 saturated carbocycles. The molecule has 186 valence electrons. The molecule has 2 aromatic carbocycles. The Kier molecular flexibility index (Phi) is 6.86. The van der Waals surface area contributed by atoms with Crippen LogP contribution >= 0.6 is 11.6 Å². The Morgan fingerprint density at radius 1 is 1.11 bits per heavy atom. The first-order valence-corrected chi connectivity index (χ1v) is 12.3. The lowest BCUT2D eigenvalue weighted by atomic mass is 9.54. The molecule has 0 aliphatic carbocycles. The van der Waals surface area contributed by atoms with Gasteiger partial charge in [0.25, 0.3) is 11.8 Å². The summed E-state index contributed by atoms with van der Waals surface area (Å²) in [5.74, 6) is -6.87. The highest BCUT2D eigenvalue weighted by Gasteiger charge is 2.47. The third-order valence-corrected chi connectivity index (χ3v) is 7.80. The first-order chi connectivity index (χ1) is 17.2. The van der Waals surface area contributed by atoms with Crippen molar-refractivity contribution in [1.29, 1.82) is 0 Å². The van der Waals surface area contributed by atoms with Crippen molar-refractivity contribution in [3.63, 3.8) is 0 Å². The van der Waals surface area contributed by atoms with E-state index < -0.39 is 40.6 Å². The summed E-state index contributed by atoms with van der Waals surface area (Å²) >= 11 is 5.81. The number of nitrogens with zero attached hydrogens (tertiary/aromatic N) is 2. The Balaban J connectivity index is 1.67. The molecule has 7 nitrogen and oxygen atoms in total. The van der Waals surface area contributed by atoms with Gasteiger partial charge in [0, 0.05) is 28.5 Å². The molecule has 1 N–H and O–H groups in total. The minimum Gasteiger partial charge on any atom is -0.393 e. The third kappa shape index (κ3) is 4.49. The lowest BCUT2D eigenvalue weighted by Crippen LogP contribution is -2.54. The van der Waals surface area contributed by atoms with Crippen molar-refractivity contribution in [3.8, 4) is 0 Å². The van der Waals surface area contributed by atoms with Crippen LogP contribution in [0.2, 0.25) is 5.02 Å². The average Bonchev–Trinajstić information content (AvgIpc) is 3.08. The number of carbonyl (C=O) groups excluding carboxylic acids is 4. The zero-order chi connectivity index (χ0) is 27.4. The highest BCUT2D eigenvalue weighted by Crippen LogP contribution is 2.38. The smallest absolute Gasteiger partial charge is 0.348 e. The van der Waals surface area contributed by atoms with E-state index in [0.29, 0.717) is 22.2 Å². The maximum Gasteiger partial charge on any atom is 0.348 e. The van der Waals surface area contributed by atoms with Crippen molar-refractivity contribution in [2.24, 2.45) is 0 Å². The number of hydrogen-bond donors (Lipinski definition) is 1. The molecule has 0 radical (unpaired) electrons. The first kappa shape index (κ1) is 27.0. The minimum absolute atomic E-state index is 0.134. The topological polar surface area (TPSA) is 86.8 Å². The van der Waals surface area contributed by atoms with Gasteiger partial charge in [-0.2, -0.15) is 8.78 Å². The summed E-state index contributed by atoms with van der Waals surface area (Å²) in [5, 5.41) is 1.40. The van der Waals surface area contributed by atoms with E-state index in [4.69, 9.17) is 11.6 Å². The molecule has 2 atom stereocenters. The zero-order valence-electron chi connectivity index (χ0n) is 21.2. The van der Waals surface area contributed by atoms with Gasteiger partial charge in [-0.15, -0.1) is 0 Å². The number of alkyl halides is 2. The van der Waals surface area contributed by atoms with Gasteiger partial charge >= 0.3 is 5.92 Å². The molecular formula is C22H23B5ClF2N3O4. The summed E-state index contributed by atoms with van der Waals surface area (Å²) in [6.45, 7) is 0. The fraction of sp³-hybridized carbons (Fsp3) is 0.273. The number of imide groups is 1.